The van der Waals surface area contributed by atoms with E-state index in [1.54, 1.807) is 17.0 Å². The molecule has 124 valence electrons. The summed E-state index contributed by atoms with van der Waals surface area (Å²) in [4.78, 5) is 26.3. The van der Waals surface area contributed by atoms with E-state index in [1.165, 1.54) is 0 Å². The molecular formula is C17H23N3O3. The fraction of sp³-hybridized carbons (Fsp3) is 0.529. The van der Waals surface area contributed by atoms with E-state index in [9.17, 15) is 9.59 Å². The predicted molar refractivity (Wildman–Crippen MR) is 87.3 cm³/mol. The summed E-state index contributed by atoms with van der Waals surface area (Å²) in [7, 11) is 1.78. The van der Waals surface area contributed by atoms with Gasteiger partial charge in [-0.3, -0.25) is 19.5 Å². The van der Waals surface area contributed by atoms with E-state index >= 15 is 0 Å². The molecule has 1 saturated heterocycles. The number of carbonyl (C=O) groups is 2. The van der Waals surface area contributed by atoms with Crippen LogP contribution in [0.1, 0.15) is 24.0 Å². The second kappa shape index (κ2) is 6.20. The lowest BCUT2D eigenvalue weighted by atomic mass is 10.1. The largest absolute Gasteiger partial charge is 0.482 e. The van der Waals surface area contributed by atoms with Crippen molar-refractivity contribution < 1.29 is 14.3 Å². The van der Waals surface area contributed by atoms with Gasteiger partial charge in [0.25, 0.3) is 11.8 Å². The number of anilines is 1. The minimum absolute atomic E-state index is 0.0176. The molecule has 2 heterocycles. The number of ether oxygens (including phenoxy) is 1. The van der Waals surface area contributed by atoms with Crippen LogP contribution in [0.15, 0.2) is 12.1 Å². The summed E-state index contributed by atoms with van der Waals surface area (Å²) in [5.74, 6) is 0.416. The number of nitrogens with zero attached hydrogens (tertiary/aromatic N) is 3. The van der Waals surface area contributed by atoms with Crippen LogP contribution in [-0.2, 0) is 9.59 Å². The lowest BCUT2D eigenvalue weighted by Crippen LogP contribution is -2.49. The Labute approximate surface area is 136 Å². The Morgan fingerprint density at radius 2 is 1.87 bits per heavy atom. The lowest BCUT2D eigenvalue weighted by Gasteiger charge is -2.33. The number of aryl methyl sites for hydroxylation is 2. The van der Waals surface area contributed by atoms with Crippen LogP contribution in [0.3, 0.4) is 0 Å². The molecule has 23 heavy (non-hydrogen) atoms. The van der Waals surface area contributed by atoms with Crippen LogP contribution in [-0.4, -0.2) is 55.1 Å². The van der Waals surface area contributed by atoms with E-state index in [2.05, 4.69) is 0 Å². The fourth-order valence-corrected chi connectivity index (χ4v) is 3.02. The molecule has 0 radical (unpaired) electrons. The lowest BCUT2D eigenvalue weighted by molar-refractivity contribution is -0.143. The summed E-state index contributed by atoms with van der Waals surface area (Å²) in [5.41, 5.74) is 2.87. The van der Waals surface area contributed by atoms with Gasteiger partial charge in [-0.15, -0.1) is 0 Å². The minimum Gasteiger partial charge on any atom is -0.482 e. The molecule has 1 aromatic carbocycles. The Hall–Kier alpha value is -2.08. The topological polar surface area (TPSA) is 53.1 Å². The molecule has 0 aromatic heterocycles. The van der Waals surface area contributed by atoms with Crippen LogP contribution in [0, 0.1) is 13.8 Å². The number of amides is 2. The molecule has 3 rings (SSSR count). The van der Waals surface area contributed by atoms with Crippen molar-refractivity contribution in [3.05, 3.63) is 23.3 Å². The maximum atomic E-state index is 12.6. The molecule has 0 saturated carbocycles. The summed E-state index contributed by atoms with van der Waals surface area (Å²) < 4.78 is 5.52. The molecule has 6 nitrogen and oxygen atoms in total. The Morgan fingerprint density at radius 1 is 1.22 bits per heavy atom. The smallest absolute Gasteiger partial charge is 0.265 e. The highest BCUT2D eigenvalue weighted by Gasteiger charge is 2.30. The van der Waals surface area contributed by atoms with Crippen LogP contribution in [0.4, 0.5) is 5.69 Å². The van der Waals surface area contributed by atoms with Gasteiger partial charge in [-0.25, -0.2) is 5.01 Å². The molecule has 1 aromatic rings. The maximum Gasteiger partial charge on any atom is 0.265 e. The highest BCUT2D eigenvalue weighted by Crippen LogP contribution is 2.34. The highest BCUT2D eigenvalue weighted by atomic mass is 16.5. The molecule has 2 amide bonds. The van der Waals surface area contributed by atoms with Gasteiger partial charge < -0.3 is 4.74 Å². The van der Waals surface area contributed by atoms with Crippen molar-refractivity contribution in [2.45, 2.75) is 26.7 Å². The van der Waals surface area contributed by atoms with Crippen LogP contribution in [0.25, 0.3) is 0 Å². The van der Waals surface area contributed by atoms with Crippen molar-refractivity contribution in [1.29, 1.82) is 0 Å². The van der Waals surface area contributed by atoms with Gasteiger partial charge in [-0.2, -0.15) is 0 Å². The van der Waals surface area contributed by atoms with E-state index in [1.807, 2.05) is 31.0 Å². The first-order valence-corrected chi connectivity index (χ1v) is 8.03. The molecule has 1 fully saturated rings. The number of carbonyl (C=O) groups excluding carboxylic acids is 2. The van der Waals surface area contributed by atoms with Crippen molar-refractivity contribution >= 4 is 17.5 Å². The van der Waals surface area contributed by atoms with E-state index < -0.39 is 0 Å². The van der Waals surface area contributed by atoms with Gasteiger partial charge in [0.05, 0.1) is 5.69 Å². The van der Waals surface area contributed by atoms with Gasteiger partial charge in [-0.05, 0) is 49.9 Å². The predicted octanol–water partition coefficient (Wildman–Crippen LogP) is 1.50. The summed E-state index contributed by atoms with van der Waals surface area (Å²) in [6.45, 7) is 5.82. The van der Waals surface area contributed by atoms with E-state index in [4.69, 9.17) is 4.74 Å². The van der Waals surface area contributed by atoms with Crippen LogP contribution in [0.2, 0.25) is 0 Å². The standard InChI is InChI=1S/C17H23N3O3/c1-12-8-14-15(9-13(12)2)23-11-17(22)20(14)10-16(21)18(3)19-6-4-5-7-19/h8-9H,4-7,10-11H2,1-3H3. The molecule has 0 aliphatic carbocycles. The van der Waals surface area contributed by atoms with Crippen LogP contribution in [0.5, 0.6) is 5.75 Å². The number of rotatable bonds is 3. The zero-order chi connectivity index (χ0) is 16.6. The summed E-state index contributed by atoms with van der Waals surface area (Å²) in [5, 5.41) is 3.69. The van der Waals surface area contributed by atoms with Crippen molar-refractivity contribution in [3.8, 4) is 5.75 Å². The van der Waals surface area contributed by atoms with Gasteiger partial charge in [0, 0.05) is 20.1 Å². The second-order valence-electron chi connectivity index (χ2n) is 6.25. The van der Waals surface area contributed by atoms with E-state index in [0.29, 0.717) is 11.4 Å². The van der Waals surface area contributed by atoms with Crippen molar-refractivity contribution in [2.24, 2.45) is 0 Å². The quantitative estimate of drug-likeness (QED) is 0.848. The Bertz CT molecular complexity index is 638. The molecular weight excluding hydrogens is 294 g/mol. The van der Waals surface area contributed by atoms with Gasteiger partial charge in [-0.1, -0.05) is 0 Å². The maximum absolute atomic E-state index is 12.6. The Morgan fingerprint density at radius 3 is 2.57 bits per heavy atom. The average Bonchev–Trinajstić information content (AvgIpc) is 3.05. The van der Waals surface area contributed by atoms with Crippen LogP contribution >= 0.6 is 0 Å². The number of hydrazine groups is 1. The Balaban J connectivity index is 1.81. The zero-order valence-corrected chi connectivity index (χ0v) is 14.0. The molecule has 2 aliphatic rings. The van der Waals surface area contributed by atoms with Gasteiger partial charge in [0.1, 0.15) is 12.3 Å². The molecule has 0 unspecified atom stereocenters. The third-order valence-corrected chi connectivity index (χ3v) is 4.68. The third kappa shape index (κ3) is 3.03. The monoisotopic (exact) mass is 317 g/mol. The fourth-order valence-electron chi connectivity index (χ4n) is 3.02. The molecule has 0 atom stereocenters. The SMILES string of the molecule is Cc1cc2c(cc1C)N(CC(=O)N(C)N1CCCC1)C(=O)CO2. The average molecular weight is 317 g/mol. The normalized spacial score (nSPS) is 17.9. The zero-order valence-electron chi connectivity index (χ0n) is 14.0. The first kappa shape index (κ1) is 15.8. The minimum atomic E-state index is -0.177. The summed E-state index contributed by atoms with van der Waals surface area (Å²) in [6, 6.07) is 3.85. The van der Waals surface area contributed by atoms with Crippen molar-refractivity contribution in [1.82, 2.24) is 10.0 Å². The summed E-state index contributed by atoms with van der Waals surface area (Å²) in [6.07, 6.45) is 2.21. The van der Waals surface area contributed by atoms with Crippen molar-refractivity contribution in [2.75, 3.05) is 38.2 Å². The first-order chi connectivity index (χ1) is 11.0. The molecule has 0 N–H and O–H groups in total. The number of likely N-dealkylation sites (N-methyl/N-ethyl adjacent to an activating group) is 1. The third-order valence-electron chi connectivity index (χ3n) is 4.68. The van der Waals surface area contributed by atoms with Crippen molar-refractivity contribution in [3.63, 3.8) is 0 Å². The number of hydrogen-bond donors (Lipinski definition) is 0. The molecule has 0 bridgehead atoms. The van der Waals surface area contributed by atoms with Gasteiger partial charge in [0.2, 0.25) is 0 Å². The molecule has 6 heteroatoms. The van der Waals surface area contributed by atoms with E-state index in [-0.39, 0.29) is 25.0 Å². The summed E-state index contributed by atoms with van der Waals surface area (Å²) >= 11 is 0. The number of fused-ring (bicyclic) bond motifs is 1. The molecule has 2 aliphatic heterocycles. The Kier molecular flexibility index (Phi) is 4.26. The number of benzene rings is 1. The van der Waals surface area contributed by atoms with Gasteiger partial charge >= 0.3 is 0 Å². The highest BCUT2D eigenvalue weighted by molar-refractivity contribution is 6.02. The molecule has 0 spiro atoms. The number of hydrogen-bond acceptors (Lipinski definition) is 4. The van der Waals surface area contributed by atoms with Gasteiger partial charge in [0.15, 0.2) is 6.61 Å². The second-order valence-corrected chi connectivity index (χ2v) is 6.25. The van der Waals surface area contributed by atoms with E-state index in [0.717, 1.165) is 37.1 Å². The van der Waals surface area contributed by atoms with Crippen LogP contribution < -0.4 is 9.64 Å². The first-order valence-electron chi connectivity index (χ1n) is 8.03.